The first-order valence-electron chi connectivity index (χ1n) is 11.5. The molecule has 1 aromatic heterocycles. The predicted octanol–water partition coefficient (Wildman–Crippen LogP) is 5.73. The van der Waals surface area contributed by atoms with Gasteiger partial charge in [-0.25, -0.2) is 9.67 Å². The molecule has 0 atom stereocenters. The van der Waals surface area contributed by atoms with Crippen molar-refractivity contribution in [1.82, 2.24) is 9.36 Å². The van der Waals surface area contributed by atoms with E-state index in [2.05, 4.69) is 27.6 Å². The Kier molecular flexibility index (Phi) is 8.07. The number of rotatable bonds is 9. The Bertz CT molecular complexity index is 1510. The van der Waals surface area contributed by atoms with Crippen LogP contribution in [0.3, 0.4) is 0 Å². The van der Waals surface area contributed by atoms with E-state index < -0.39 is 4.92 Å². The highest BCUT2D eigenvalue weighted by Crippen LogP contribution is 2.35. The van der Waals surface area contributed by atoms with E-state index in [1.807, 2.05) is 63.4 Å². The van der Waals surface area contributed by atoms with Crippen LogP contribution in [0.15, 0.2) is 76.5 Å². The summed E-state index contributed by atoms with van der Waals surface area (Å²) in [6.07, 6.45) is 1.64. The third kappa shape index (κ3) is 5.74. The first kappa shape index (κ1) is 26.1. The van der Waals surface area contributed by atoms with Crippen molar-refractivity contribution in [2.75, 3.05) is 6.61 Å². The minimum absolute atomic E-state index is 0.0288. The van der Waals surface area contributed by atoms with Crippen LogP contribution in [0.25, 0.3) is 5.69 Å². The second-order valence-electron chi connectivity index (χ2n) is 8.14. The van der Waals surface area contributed by atoms with Gasteiger partial charge >= 0.3 is 0 Å². The molecule has 0 saturated heterocycles. The van der Waals surface area contributed by atoms with Crippen molar-refractivity contribution in [2.24, 2.45) is 12.0 Å². The number of benzene rings is 3. The molecule has 4 aromatic rings. The van der Waals surface area contributed by atoms with Crippen LogP contribution in [0.4, 0.5) is 11.4 Å². The number of aromatic nitrogens is 2. The number of halogens is 1. The van der Waals surface area contributed by atoms with E-state index in [4.69, 9.17) is 9.47 Å². The number of ether oxygens (including phenoxy) is 2. The van der Waals surface area contributed by atoms with Crippen molar-refractivity contribution in [3.05, 3.63) is 108 Å². The smallest absolute Gasteiger partial charge is 0.297 e. The molecule has 0 aliphatic carbocycles. The molecule has 37 heavy (non-hydrogen) atoms. The lowest BCUT2D eigenvalue weighted by molar-refractivity contribution is -0.384. The van der Waals surface area contributed by atoms with Crippen LogP contribution in [0.2, 0.25) is 0 Å². The summed E-state index contributed by atoms with van der Waals surface area (Å²) in [5.41, 5.74) is 3.24. The number of nitro benzene ring substituents is 1. The zero-order valence-corrected chi connectivity index (χ0v) is 22.7. The number of hydrogen-bond acceptors (Lipinski definition) is 6. The molecule has 0 unspecified atom stereocenters. The average molecular weight is 612 g/mol. The zero-order chi connectivity index (χ0) is 26.5. The fourth-order valence-electron chi connectivity index (χ4n) is 3.78. The maximum Gasteiger partial charge on any atom is 0.297 e. The molecule has 0 aliphatic heterocycles. The van der Waals surface area contributed by atoms with Crippen LogP contribution >= 0.6 is 22.6 Å². The van der Waals surface area contributed by atoms with Gasteiger partial charge in [-0.1, -0.05) is 18.2 Å². The van der Waals surface area contributed by atoms with Crippen molar-refractivity contribution in [1.29, 1.82) is 0 Å². The molecular weight excluding hydrogens is 587 g/mol. The molecule has 0 amide bonds. The van der Waals surface area contributed by atoms with Gasteiger partial charge in [0.2, 0.25) is 0 Å². The van der Waals surface area contributed by atoms with Crippen molar-refractivity contribution in [3.63, 3.8) is 0 Å². The zero-order valence-electron chi connectivity index (χ0n) is 20.6. The Hall–Kier alpha value is -3.93. The first-order valence-corrected chi connectivity index (χ1v) is 12.6. The van der Waals surface area contributed by atoms with Crippen molar-refractivity contribution < 1.29 is 14.4 Å². The Morgan fingerprint density at radius 3 is 2.43 bits per heavy atom. The molecule has 190 valence electrons. The lowest BCUT2D eigenvalue weighted by Crippen LogP contribution is -2.19. The van der Waals surface area contributed by atoms with Gasteiger partial charge in [0.05, 0.1) is 26.5 Å². The fraction of sp³-hybridized carbons (Fsp3) is 0.185. The maximum atomic E-state index is 13.1. The number of aliphatic imine (C=N–C) groups is 1. The lowest BCUT2D eigenvalue weighted by Gasteiger charge is -2.14. The lowest BCUT2D eigenvalue weighted by atomic mass is 10.2. The molecule has 0 fully saturated rings. The van der Waals surface area contributed by atoms with Gasteiger partial charge in [-0.15, -0.1) is 0 Å². The molecule has 0 aliphatic rings. The Balaban J connectivity index is 1.60. The molecule has 10 heteroatoms. The van der Waals surface area contributed by atoms with E-state index >= 15 is 0 Å². The predicted molar refractivity (Wildman–Crippen MR) is 151 cm³/mol. The van der Waals surface area contributed by atoms with E-state index in [1.165, 1.54) is 12.1 Å². The summed E-state index contributed by atoms with van der Waals surface area (Å²) in [5.74, 6) is 1.12. The molecule has 4 rings (SSSR count). The summed E-state index contributed by atoms with van der Waals surface area (Å²) >= 11 is 2.17. The highest BCUT2D eigenvalue weighted by molar-refractivity contribution is 14.1. The highest BCUT2D eigenvalue weighted by atomic mass is 127. The minimum Gasteiger partial charge on any atom is -0.490 e. The number of nitro groups is 1. The standard InChI is InChI=1S/C27H25IN4O5/c1-4-36-24-15-20(14-23(28)26(24)37-17-19-10-12-22(13-11-19)32(34)35)16-29-25-18(2)30(3)31(27(25)33)21-8-6-5-7-9-21/h5-16H,4,17H2,1-3H3. The molecule has 0 spiro atoms. The molecule has 3 aromatic carbocycles. The van der Waals surface area contributed by atoms with Crippen LogP contribution in [-0.2, 0) is 13.7 Å². The number of hydrogen-bond donors (Lipinski definition) is 0. The molecular formula is C27H25IN4O5. The normalized spacial score (nSPS) is 11.1. The molecule has 0 N–H and O–H groups in total. The van der Waals surface area contributed by atoms with Crippen molar-refractivity contribution >= 4 is 40.2 Å². The first-order chi connectivity index (χ1) is 17.8. The van der Waals surface area contributed by atoms with Crippen LogP contribution < -0.4 is 15.0 Å². The third-order valence-corrected chi connectivity index (χ3v) is 6.53. The van der Waals surface area contributed by atoms with Gasteiger partial charge in [-0.2, -0.15) is 0 Å². The topological polar surface area (TPSA) is 101 Å². The molecule has 1 heterocycles. The largest absolute Gasteiger partial charge is 0.490 e. The highest BCUT2D eigenvalue weighted by Gasteiger charge is 2.16. The Labute approximate surface area is 227 Å². The summed E-state index contributed by atoms with van der Waals surface area (Å²) in [4.78, 5) is 28.1. The van der Waals surface area contributed by atoms with Gasteiger partial charge in [0.1, 0.15) is 6.61 Å². The van der Waals surface area contributed by atoms with Gasteiger partial charge in [-0.3, -0.25) is 19.6 Å². The number of para-hydroxylation sites is 1. The maximum absolute atomic E-state index is 13.1. The van der Waals surface area contributed by atoms with Crippen molar-refractivity contribution in [3.8, 4) is 17.2 Å². The van der Waals surface area contributed by atoms with Gasteiger partial charge in [0.15, 0.2) is 17.2 Å². The van der Waals surface area contributed by atoms with E-state index in [0.29, 0.717) is 23.8 Å². The average Bonchev–Trinajstić information content (AvgIpc) is 3.10. The summed E-state index contributed by atoms with van der Waals surface area (Å²) < 4.78 is 16.0. The summed E-state index contributed by atoms with van der Waals surface area (Å²) in [6, 6.07) is 19.4. The molecule has 0 radical (unpaired) electrons. The fourth-order valence-corrected chi connectivity index (χ4v) is 4.56. The molecule has 9 nitrogen and oxygen atoms in total. The molecule has 0 bridgehead atoms. The number of nitrogens with zero attached hydrogens (tertiary/aromatic N) is 4. The van der Waals surface area contributed by atoms with Gasteiger partial charge in [0.25, 0.3) is 11.2 Å². The van der Waals surface area contributed by atoms with Crippen LogP contribution in [0.5, 0.6) is 11.5 Å². The van der Waals surface area contributed by atoms with E-state index in [0.717, 1.165) is 26.1 Å². The quantitative estimate of drug-likeness (QED) is 0.104. The number of non-ortho nitro benzene ring substituents is 1. The summed E-state index contributed by atoms with van der Waals surface area (Å²) in [5, 5.41) is 10.9. The van der Waals surface area contributed by atoms with Gasteiger partial charge in [0, 0.05) is 25.4 Å². The van der Waals surface area contributed by atoms with E-state index in [-0.39, 0.29) is 17.9 Å². The third-order valence-electron chi connectivity index (χ3n) is 5.73. The second-order valence-corrected chi connectivity index (χ2v) is 9.31. The summed E-state index contributed by atoms with van der Waals surface area (Å²) in [6.45, 7) is 4.40. The van der Waals surface area contributed by atoms with Crippen LogP contribution in [0.1, 0.15) is 23.7 Å². The minimum atomic E-state index is -0.436. The molecule has 0 saturated carbocycles. The van der Waals surface area contributed by atoms with Crippen molar-refractivity contribution in [2.45, 2.75) is 20.5 Å². The SMILES string of the molecule is CCOc1cc(C=Nc2c(C)n(C)n(-c3ccccc3)c2=O)cc(I)c1OCc1ccc([N+](=O)[O-])cc1. The van der Waals surface area contributed by atoms with Gasteiger partial charge in [-0.05, 0) is 84.0 Å². The van der Waals surface area contributed by atoms with Crippen LogP contribution in [0, 0.1) is 20.6 Å². The Morgan fingerprint density at radius 1 is 1.08 bits per heavy atom. The van der Waals surface area contributed by atoms with E-state index in [9.17, 15) is 14.9 Å². The van der Waals surface area contributed by atoms with E-state index in [1.54, 1.807) is 27.7 Å². The monoisotopic (exact) mass is 612 g/mol. The summed E-state index contributed by atoms with van der Waals surface area (Å²) in [7, 11) is 1.83. The Morgan fingerprint density at radius 2 is 1.78 bits per heavy atom. The van der Waals surface area contributed by atoms with Gasteiger partial charge < -0.3 is 9.47 Å². The second kappa shape index (κ2) is 11.4. The van der Waals surface area contributed by atoms with Crippen LogP contribution in [-0.4, -0.2) is 27.1 Å².